The van der Waals surface area contributed by atoms with E-state index in [1.807, 2.05) is 11.9 Å². The molecule has 2 N–H and O–H groups in total. The molecule has 0 aromatic carbocycles. The zero-order valence-corrected chi connectivity index (χ0v) is 13.5. The Labute approximate surface area is 124 Å². The molecule has 1 fully saturated rings. The van der Waals surface area contributed by atoms with Crippen LogP contribution in [0.2, 0.25) is 0 Å². The maximum atomic E-state index is 12.2. The average Bonchev–Trinajstić information content (AvgIpc) is 2.56. The monoisotopic (exact) mass is 291 g/mol. The highest BCUT2D eigenvalue weighted by molar-refractivity contribution is 5.85. The summed E-state index contributed by atoms with van der Waals surface area (Å²) in [6.45, 7) is 8.18. The van der Waals surface area contributed by atoms with Gasteiger partial charge in [0.2, 0.25) is 5.91 Å². The molecule has 1 aliphatic heterocycles. The van der Waals surface area contributed by atoms with Gasteiger partial charge in [-0.2, -0.15) is 0 Å². The molecule has 1 aliphatic rings. The van der Waals surface area contributed by atoms with Gasteiger partial charge in [-0.1, -0.05) is 26.7 Å². The molecule has 0 saturated carbocycles. The standard InChI is InChI=1S/C14H29N3O.ClH/c1-14(2,11-15)12-16(3)10-13(18)17-8-6-4-5-7-9-17;/h4-12,15H2,1-3H3;1H. The predicted octanol–water partition coefficient (Wildman–Crippen LogP) is 1.73. The van der Waals surface area contributed by atoms with Crippen LogP contribution in [0.4, 0.5) is 0 Å². The molecule has 0 spiro atoms. The van der Waals surface area contributed by atoms with Crippen molar-refractivity contribution in [2.45, 2.75) is 39.5 Å². The Morgan fingerprint density at radius 1 is 1.21 bits per heavy atom. The Morgan fingerprint density at radius 3 is 2.21 bits per heavy atom. The number of hydrogen-bond donors (Lipinski definition) is 1. The molecule has 0 atom stereocenters. The smallest absolute Gasteiger partial charge is 0.236 e. The fourth-order valence-electron chi connectivity index (χ4n) is 2.50. The Hall–Kier alpha value is -0.320. The molecule has 0 aromatic heterocycles. The lowest BCUT2D eigenvalue weighted by Gasteiger charge is -2.30. The highest BCUT2D eigenvalue weighted by atomic mass is 35.5. The van der Waals surface area contributed by atoms with E-state index in [-0.39, 0.29) is 23.7 Å². The van der Waals surface area contributed by atoms with Gasteiger partial charge in [-0.05, 0) is 31.8 Å². The van der Waals surface area contributed by atoms with E-state index in [2.05, 4.69) is 18.7 Å². The van der Waals surface area contributed by atoms with Crippen molar-refractivity contribution in [2.75, 3.05) is 39.8 Å². The molecule has 0 bridgehead atoms. The van der Waals surface area contributed by atoms with Crippen LogP contribution in [0.25, 0.3) is 0 Å². The van der Waals surface area contributed by atoms with Crippen molar-refractivity contribution in [1.29, 1.82) is 0 Å². The first kappa shape index (κ1) is 18.7. The second kappa shape index (κ2) is 8.77. The number of carbonyl (C=O) groups is 1. The van der Waals surface area contributed by atoms with E-state index in [4.69, 9.17) is 5.73 Å². The van der Waals surface area contributed by atoms with Gasteiger partial charge in [-0.3, -0.25) is 9.69 Å². The van der Waals surface area contributed by atoms with Crippen LogP contribution in [-0.2, 0) is 4.79 Å². The third kappa shape index (κ3) is 7.14. The van der Waals surface area contributed by atoms with Crippen LogP contribution >= 0.6 is 12.4 Å². The van der Waals surface area contributed by atoms with Gasteiger partial charge in [0.15, 0.2) is 0 Å². The second-order valence-corrected chi connectivity index (χ2v) is 6.34. The highest BCUT2D eigenvalue weighted by Crippen LogP contribution is 2.14. The van der Waals surface area contributed by atoms with Gasteiger partial charge in [0.05, 0.1) is 6.54 Å². The molecule has 5 heteroatoms. The minimum Gasteiger partial charge on any atom is -0.342 e. The lowest BCUT2D eigenvalue weighted by atomic mass is 9.93. The van der Waals surface area contributed by atoms with Crippen LogP contribution in [-0.4, -0.2) is 55.5 Å². The number of carbonyl (C=O) groups excluding carboxylic acids is 1. The minimum atomic E-state index is 0. The van der Waals surface area contributed by atoms with Crippen molar-refractivity contribution >= 4 is 18.3 Å². The molecule has 1 amide bonds. The summed E-state index contributed by atoms with van der Waals surface area (Å²) in [6.07, 6.45) is 4.84. The first-order valence-corrected chi connectivity index (χ1v) is 7.11. The van der Waals surface area contributed by atoms with Gasteiger partial charge in [-0.25, -0.2) is 0 Å². The first-order chi connectivity index (χ1) is 8.44. The molecule has 4 nitrogen and oxygen atoms in total. The van der Waals surface area contributed by atoms with Gasteiger partial charge in [-0.15, -0.1) is 12.4 Å². The molecule has 1 heterocycles. The summed E-state index contributed by atoms with van der Waals surface area (Å²) in [4.78, 5) is 16.3. The lowest BCUT2D eigenvalue weighted by Crippen LogP contribution is -2.43. The summed E-state index contributed by atoms with van der Waals surface area (Å²) in [5, 5.41) is 0. The summed E-state index contributed by atoms with van der Waals surface area (Å²) < 4.78 is 0. The number of amides is 1. The van der Waals surface area contributed by atoms with Gasteiger partial charge in [0.1, 0.15) is 0 Å². The topological polar surface area (TPSA) is 49.6 Å². The van der Waals surface area contributed by atoms with Crippen molar-refractivity contribution in [2.24, 2.45) is 11.1 Å². The van der Waals surface area contributed by atoms with Gasteiger partial charge in [0.25, 0.3) is 0 Å². The highest BCUT2D eigenvalue weighted by Gasteiger charge is 2.21. The van der Waals surface area contributed by atoms with Crippen LogP contribution in [0, 0.1) is 5.41 Å². The maximum absolute atomic E-state index is 12.2. The van der Waals surface area contributed by atoms with E-state index in [0.29, 0.717) is 13.1 Å². The zero-order chi connectivity index (χ0) is 13.6. The molecule has 0 aromatic rings. The predicted molar refractivity (Wildman–Crippen MR) is 82.6 cm³/mol. The Balaban J connectivity index is 0.00000324. The third-order valence-electron chi connectivity index (χ3n) is 3.61. The van der Waals surface area contributed by atoms with Crippen LogP contribution < -0.4 is 5.73 Å². The minimum absolute atomic E-state index is 0. The SMILES string of the molecule is CN(CC(=O)N1CCCCCC1)CC(C)(C)CN.Cl. The Kier molecular flexibility index (Phi) is 8.62. The summed E-state index contributed by atoms with van der Waals surface area (Å²) in [5.41, 5.74) is 5.80. The number of nitrogens with zero attached hydrogens (tertiary/aromatic N) is 2. The van der Waals surface area contributed by atoms with Gasteiger partial charge >= 0.3 is 0 Å². The van der Waals surface area contributed by atoms with E-state index in [1.54, 1.807) is 0 Å². The van der Waals surface area contributed by atoms with Crippen molar-refractivity contribution in [3.05, 3.63) is 0 Å². The Bertz CT molecular complexity index is 263. The van der Waals surface area contributed by atoms with E-state index >= 15 is 0 Å². The van der Waals surface area contributed by atoms with Crippen molar-refractivity contribution < 1.29 is 4.79 Å². The van der Waals surface area contributed by atoms with E-state index < -0.39 is 0 Å². The fourth-order valence-corrected chi connectivity index (χ4v) is 2.50. The molecule has 1 saturated heterocycles. The summed E-state index contributed by atoms with van der Waals surface area (Å²) in [5.74, 6) is 0.271. The molecule has 1 rings (SSSR count). The first-order valence-electron chi connectivity index (χ1n) is 7.11. The van der Waals surface area contributed by atoms with Crippen LogP contribution in [0.15, 0.2) is 0 Å². The van der Waals surface area contributed by atoms with Crippen LogP contribution in [0.5, 0.6) is 0 Å². The molecule has 114 valence electrons. The molecule has 0 unspecified atom stereocenters. The second-order valence-electron chi connectivity index (χ2n) is 6.34. The number of likely N-dealkylation sites (N-methyl/N-ethyl adjacent to an activating group) is 1. The average molecular weight is 292 g/mol. The lowest BCUT2D eigenvalue weighted by molar-refractivity contribution is -0.132. The Morgan fingerprint density at radius 2 is 1.74 bits per heavy atom. The zero-order valence-electron chi connectivity index (χ0n) is 12.7. The molecular formula is C14H30ClN3O. The normalized spacial score (nSPS) is 17.0. The van der Waals surface area contributed by atoms with Crippen LogP contribution in [0.1, 0.15) is 39.5 Å². The fraction of sp³-hybridized carbons (Fsp3) is 0.929. The van der Waals surface area contributed by atoms with Gasteiger partial charge in [0, 0.05) is 19.6 Å². The van der Waals surface area contributed by atoms with E-state index in [9.17, 15) is 4.79 Å². The van der Waals surface area contributed by atoms with E-state index in [0.717, 1.165) is 32.5 Å². The molecule has 0 radical (unpaired) electrons. The molecule has 0 aliphatic carbocycles. The number of halogens is 1. The largest absolute Gasteiger partial charge is 0.342 e. The van der Waals surface area contributed by atoms with Crippen molar-refractivity contribution in [1.82, 2.24) is 9.80 Å². The van der Waals surface area contributed by atoms with E-state index in [1.165, 1.54) is 12.8 Å². The van der Waals surface area contributed by atoms with Gasteiger partial charge < -0.3 is 10.6 Å². The number of hydrogen-bond acceptors (Lipinski definition) is 3. The van der Waals surface area contributed by atoms with Crippen LogP contribution in [0.3, 0.4) is 0 Å². The van der Waals surface area contributed by atoms with Crippen molar-refractivity contribution in [3.8, 4) is 0 Å². The molecule has 19 heavy (non-hydrogen) atoms. The third-order valence-corrected chi connectivity index (χ3v) is 3.61. The summed E-state index contributed by atoms with van der Waals surface area (Å²) in [7, 11) is 2.01. The quantitative estimate of drug-likeness (QED) is 0.839. The maximum Gasteiger partial charge on any atom is 0.236 e. The summed E-state index contributed by atoms with van der Waals surface area (Å²) >= 11 is 0. The number of nitrogens with two attached hydrogens (primary N) is 1. The number of rotatable bonds is 5. The number of likely N-dealkylation sites (tertiary alicyclic amines) is 1. The molecular weight excluding hydrogens is 262 g/mol. The van der Waals surface area contributed by atoms with Crippen molar-refractivity contribution in [3.63, 3.8) is 0 Å². The summed E-state index contributed by atoms with van der Waals surface area (Å²) in [6, 6.07) is 0.